The first-order chi connectivity index (χ1) is 27.4. The summed E-state index contributed by atoms with van der Waals surface area (Å²) in [6, 6.07) is 0. The molecule has 0 saturated heterocycles. The van der Waals surface area contributed by atoms with Gasteiger partial charge < -0.3 is 19.3 Å². The van der Waals surface area contributed by atoms with Gasteiger partial charge in [-0.1, -0.05) is 258 Å². The molecule has 0 amide bonds. The summed E-state index contributed by atoms with van der Waals surface area (Å²) < 4.78 is 27.1. The van der Waals surface area contributed by atoms with Gasteiger partial charge in [-0.05, 0) is 12.8 Å². The number of carbonyl (C=O) groups excluding carboxylic acids is 1. The van der Waals surface area contributed by atoms with E-state index in [1.165, 1.54) is 225 Å². The van der Waals surface area contributed by atoms with E-state index in [2.05, 4.69) is 18.4 Å². The molecule has 1 atom stereocenters. The quantitative estimate of drug-likeness (QED) is 0.0358. The molecule has 2 N–H and O–H groups in total. The second-order valence-corrected chi connectivity index (χ2v) is 18.4. The summed E-state index contributed by atoms with van der Waals surface area (Å²) in [4.78, 5) is 30.7. The van der Waals surface area contributed by atoms with Crippen LogP contribution in [0, 0.1) is 0 Å². The molecule has 0 heterocycles. The third-order valence-electron chi connectivity index (χ3n) is 11.4. The zero-order chi connectivity index (χ0) is 40.9. The van der Waals surface area contributed by atoms with Gasteiger partial charge in [-0.15, -0.1) is 0 Å². The van der Waals surface area contributed by atoms with Crippen molar-refractivity contribution >= 4 is 13.8 Å². The van der Waals surface area contributed by atoms with E-state index in [1.807, 2.05) is 0 Å². The Morgan fingerprint density at radius 2 is 0.679 bits per heavy atom. The fraction of sp³-hybridized carbons (Fsp3) is 0.979. The molecule has 56 heavy (non-hydrogen) atoms. The largest absolute Gasteiger partial charge is 0.469 e. The van der Waals surface area contributed by atoms with Gasteiger partial charge in [0.25, 0.3) is 0 Å². The standard InChI is InChI=1S/C48H97O7P/c1-3-5-7-9-11-13-15-17-19-21-22-23-24-25-26-27-28-29-31-33-35-37-39-41-43-48(49)55-47(46-54-56(50,51)52)45-53-44-42-40-38-36-34-32-30-20-18-16-14-12-10-8-6-4-2/h47H,3-46H2,1-2H3,(H2,50,51,52)/t47-/m1/s1. The number of hydrogen-bond donors (Lipinski definition) is 2. The van der Waals surface area contributed by atoms with Crippen molar-refractivity contribution in [2.45, 2.75) is 283 Å². The van der Waals surface area contributed by atoms with Gasteiger partial charge in [0.2, 0.25) is 0 Å². The Balaban J connectivity index is 3.64. The number of hydrogen-bond acceptors (Lipinski definition) is 5. The Hall–Kier alpha value is -0.460. The molecule has 0 aromatic carbocycles. The number of unbranched alkanes of at least 4 members (excludes halogenated alkanes) is 38. The van der Waals surface area contributed by atoms with E-state index in [9.17, 15) is 9.36 Å². The Morgan fingerprint density at radius 1 is 0.411 bits per heavy atom. The normalized spacial score (nSPS) is 12.4. The van der Waals surface area contributed by atoms with Crippen LogP contribution in [-0.2, 0) is 23.4 Å². The molecule has 0 aromatic heterocycles. The molecule has 0 unspecified atom stereocenters. The van der Waals surface area contributed by atoms with E-state index in [1.54, 1.807) is 0 Å². The maximum atomic E-state index is 12.5. The van der Waals surface area contributed by atoms with Gasteiger partial charge in [0.1, 0.15) is 6.10 Å². The minimum absolute atomic E-state index is 0.0872. The lowest BCUT2D eigenvalue weighted by molar-refractivity contribution is -0.154. The summed E-state index contributed by atoms with van der Waals surface area (Å²) in [6.45, 7) is 4.83. The van der Waals surface area contributed by atoms with Gasteiger partial charge in [0.15, 0.2) is 0 Å². The second kappa shape index (κ2) is 45.6. The van der Waals surface area contributed by atoms with Gasteiger partial charge in [-0.25, -0.2) is 4.57 Å². The van der Waals surface area contributed by atoms with Crippen molar-refractivity contribution in [2.75, 3.05) is 19.8 Å². The highest BCUT2D eigenvalue weighted by Crippen LogP contribution is 2.36. The van der Waals surface area contributed by atoms with Crippen LogP contribution < -0.4 is 0 Å². The predicted octanol–water partition coefficient (Wildman–Crippen LogP) is 16.1. The molecule has 0 radical (unpaired) electrons. The number of rotatable bonds is 48. The van der Waals surface area contributed by atoms with E-state index in [0.717, 1.165) is 32.1 Å². The highest BCUT2D eigenvalue weighted by atomic mass is 31.2. The third-order valence-corrected chi connectivity index (χ3v) is 11.9. The smallest absolute Gasteiger partial charge is 0.457 e. The first-order valence-corrected chi connectivity index (χ1v) is 26.4. The Labute approximate surface area is 349 Å². The maximum absolute atomic E-state index is 12.5. The van der Waals surface area contributed by atoms with Gasteiger partial charge in [-0.2, -0.15) is 0 Å². The van der Waals surface area contributed by atoms with Gasteiger partial charge >= 0.3 is 13.8 Å². The van der Waals surface area contributed by atoms with Crippen molar-refractivity contribution in [1.29, 1.82) is 0 Å². The van der Waals surface area contributed by atoms with Crippen LogP contribution in [0.1, 0.15) is 277 Å². The predicted molar refractivity (Wildman–Crippen MR) is 239 cm³/mol. The molecule has 0 aliphatic heterocycles. The average molecular weight is 817 g/mol. The van der Waals surface area contributed by atoms with Crippen LogP contribution >= 0.6 is 7.82 Å². The maximum Gasteiger partial charge on any atom is 0.469 e. The molecule has 336 valence electrons. The monoisotopic (exact) mass is 817 g/mol. The van der Waals surface area contributed by atoms with Crippen molar-refractivity contribution in [3.63, 3.8) is 0 Å². The fourth-order valence-corrected chi connectivity index (χ4v) is 8.10. The number of carbonyl (C=O) groups is 1. The Morgan fingerprint density at radius 3 is 0.964 bits per heavy atom. The van der Waals surface area contributed by atoms with Crippen molar-refractivity contribution in [1.82, 2.24) is 0 Å². The third kappa shape index (κ3) is 47.9. The van der Waals surface area contributed by atoms with Crippen molar-refractivity contribution in [3.05, 3.63) is 0 Å². The molecule has 0 fully saturated rings. The summed E-state index contributed by atoms with van der Waals surface area (Å²) >= 11 is 0. The summed E-state index contributed by atoms with van der Waals surface area (Å²) in [5, 5.41) is 0. The number of ether oxygens (including phenoxy) is 2. The van der Waals surface area contributed by atoms with Gasteiger partial charge in [0.05, 0.1) is 13.2 Å². The van der Waals surface area contributed by atoms with Crippen LogP contribution in [0.4, 0.5) is 0 Å². The average Bonchev–Trinajstić information content (AvgIpc) is 3.17. The van der Waals surface area contributed by atoms with Crippen LogP contribution in [0.25, 0.3) is 0 Å². The number of esters is 1. The molecule has 0 saturated carbocycles. The highest BCUT2D eigenvalue weighted by molar-refractivity contribution is 7.46. The van der Waals surface area contributed by atoms with Crippen molar-refractivity contribution in [3.8, 4) is 0 Å². The summed E-state index contributed by atoms with van der Waals surface area (Å²) in [5.74, 6) is -0.353. The lowest BCUT2D eigenvalue weighted by Gasteiger charge is -2.18. The van der Waals surface area contributed by atoms with Crippen LogP contribution in [0.3, 0.4) is 0 Å². The fourth-order valence-electron chi connectivity index (χ4n) is 7.74. The molecule has 0 aliphatic carbocycles. The lowest BCUT2D eigenvalue weighted by atomic mass is 10.0. The molecular formula is C48H97O7P. The minimum atomic E-state index is -4.65. The molecule has 0 aliphatic rings. The SMILES string of the molecule is CCCCCCCCCCCCCCCCCCCCCCCCCCC(=O)O[C@H](COCCCCCCCCCCCCCCCCCC)COP(=O)(O)O. The van der Waals surface area contributed by atoms with Crippen LogP contribution in [0.2, 0.25) is 0 Å². The molecule has 0 aromatic rings. The molecule has 0 bridgehead atoms. The van der Waals surface area contributed by atoms with E-state index in [-0.39, 0.29) is 19.2 Å². The first kappa shape index (κ1) is 55.5. The first-order valence-electron chi connectivity index (χ1n) is 24.9. The van der Waals surface area contributed by atoms with Crippen LogP contribution in [0.15, 0.2) is 0 Å². The molecule has 8 heteroatoms. The van der Waals surface area contributed by atoms with E-state index in [0.29, 0.717) is 13.0 Å². The lowest BCUT2D eigenvalue weighted by Crippen LogP contribution is -2.28. The summed E-state index contributed by atoms with van der Waals surface area (Å²) in [5.41, 5.74) is 0. The number of phosphoric acid groups is 1. The summed E-state index contributed by atoms with van der Waals surface area (Å²) in [7, 11) is -4.65. The highest BCUT2D eigenvalue weighted by Gasteiger charge is 2.21. The number of phosphoric ester groups is 1. The Kier molecular flexibility index (Phi) is 45.2. The van der Waals surface area contributed by atoms with E-state index < -0.39 is 13.9 Å². The minimum Gasteiger partial charge on any atom is -0.457 e. The topological polar surface area (TPSA) is 102 Å². The van der Waals surface area contributed by atoms with Crippen LogP contribution in [0.5, 0.6) is 0 Å². The van der Waals surface area contributed by atoms with Crippen molar-refractivity contribution in [2.24, 2.45) is 0 Å². The summed E-state index contributed by atoms with van der Waals surface area (Å²) in [6.07, 6.45) is 52.6. The van der Waals surface area contributed by atoms with Crippen LogP contribution in [-0.4, -0.2) is 41.7 Å². The zero-order valence-corrected chi connectivity index (χ0v) is 38.5. The molecular weight excluding hydrogens is 719 g/mol. The molecule has 7 nitrogen and oxygen atoms in total. The van der Waals surface area contributed by atoms with Gasteiger partial charge in [0, 0.05) is 13.0 Å². The van der Waals surface area contributed by atoms with Crippen molar-refractivity contribution < 1.29 is 33.1 Å². The van der Waals surface area contributed by atoms with Gasteiger partial charge in [-0.3, -0.25) is 9.32 Å². The van der Waals surface area contributed by atoms with E-state index in [4.69, 9.17) is 19.3 Å². The molecule has 0 spiro atoms. The Bertz CT molecular complexity index is 819. The molecule has 0 rings (SSSR count). The zero-order valence-electron chi connectivity index (χ0n) is 37.6. The van der Waals surface area contributed by atoms with E-state index >= 15 is 0 Å². The second-order valence-electron chi connectivity index (χ2n) is 17.2.